The zero-order valence-electron chi connectivity index (χ0n) is 13.0. The van der Waals surface area contributed by atoms with Gasteiger partial charge in [0.2, 0.25) is 11.8 Å². The first-order valence-corrected chi connectivity index (χ1v) is 8.28. The number of halogens is 1. The average Bonchev–Trinajstić information content (AvgIpc) is 2.80. The van der Waals surface area contributed by atoms with Gasteiger partial charge < -0.3 is 15.5 Å². The monoisotopic (exact) mass is 389 g/mol. The molecule has 0 saturated heterocycles. The third-order valence-corrected chi connectivity index (χ3v) is 4.08. The number of hydrogen-bond donors (Lipinski definition) is 2. The minimum absolute atomic E-state index is 0.100. The van der Waals surface area contributed by atoms with E-state index in [9.17, 15) is 14.4 Å². The lowest BCUT2D eigenvalue weighted by Crippen LogP contribution is -2.47. The zero-order chi connectivity index (χ0) is 16.9. The zero-order valence-corrected chi connectivity index (χ0v) is 15.4. The van der Waals surface area contributed by atoms with Crippen LogP contribution in [0.15, 0.2) is 15.9 Å². The minimum Gasteiger partial charge on any atom is -0.350 e. The van der Waals surface area contributed by atoms with E-state index >= 15 is 0 Å². The Hall–Kier alpha value is -1.41. The van der Waals surface area contributed by atoms with E-state index in [2.05, 4.69) is 26.6 Å². The molecule has 0 bridgehead atoms. The Morgan fingerprint density at radius 2 is 1.86 bits per heavy atom. The predicted octanol–water partition coefficient (Wildman–Crippen LogP) is 1.61. The molecule has 1 rings (SSSR count). The first kappa shape index (κ1) is 18.6. The van der Waals surface area contributed by atoms with Gasteiger partial charge in [-0.25, -0.2) is 0 Å². The maximum absolute atomic E-state index is 12.1. The molecule has 22 heavy (non-hydrogen) atoms. The Labute approximate surface area is 142 Å². The Kier molecular flexibility index (Phi) is 6.55. The predicted molar refractivity (Wildman–Crippen MR) is 89.9 cm³/mol. The highest BCUT2D eigenvalue weighted by Crippen LogP contribution is 2.22. The quantitative estimate of drug-likeness (QED) is 0.802. The first-order valence-electron chi connectivity index (χ1n) is 6.67. The van der Waals surface area contributed by atoms with Crippen molar-refractivity contribution in [3.63, 3.8) is 0 Å². The highest BCUT2D eigenvalue weighted by atomic mass is 79.9. The molecule has 1 aromatic rings. The molecule has 1 aromatic heterocycles. The van der Waals surface area contributed by atoms with Crippen LogP contribution in [0, 0.1) is 0 Å². The molecule has 0 radical (unpaired) electrons. The van der Waals surface area contributed by atoms with E-state index in [-0.39, 0.29) is 36.3 Å². The lowest BCUT2D eigenvalue weighted by Gasteiger charge is -2.21. The fourth-order valence-corrected chi connectivity index (χ4v) is 2.98. The summed E-state index contributed by atoms with van der Waals surface area (Å²) in [5, 5.41) is 5.24. The van der Waals surface area contributed by atoms with Crippen LogP contribution in [-0.2, 0) is 9.59 Å². The molecule has 0 spiro atoms. The summed E-state index contributed by atoms with van der Waals surface area (Å²) >= 11 is 4.59. The van der Waals surface area contributed by atoms with Gasteiger partial charge in [-0.3, -0.25) is 14.4 Å². The summed E-state index contributed by atoms with van der Waals surface area (Å²) in [7, 11) is 1.55. The van der Waals surface area contributed by atoms with Crippen molar-refractivity contribution in [1.82, 2.24) is 15.5 Å². The van der Waals surface area contributed by atoms with Crippen LogP contribution in [0.5, 0.6) is 0 Å². The summed E-state index contributed by atoms with van der Waals surface area (Å²) in [6.07, 6.45) is 0. The second-order valence-corrected chi connectivity index (χ2v) is 8.30. The standard InChI is InChI=1S/C14H20BrN3O3S/c1-14(2,3)17-11(19)7-16-12(20)8-18(4)13(21)9-5-6-10(15)22-9/h5-6H,7-8H2,1-4H3,(H,16,20)(H,17,19). The summed E-state index contributed by atoms with van der Waals surface area (Å²) in [5.74, 6) is -0.877. The number of rotatable bonds is 5. The van der Waals surface area contributed by atoms with E-state index in [0.29, 0.717) is 4.88 Å². The van der Waals surface area contributed by atoms with Crippen molar-refractivity contribution < 1.29 is 14.4 Å². The van der Waals surface area contributed by atoms with Gasteiger partial charge in [-0.05, 0) is 48.8 Å². The van der Waals surface area contributed by atoms with Crippen LogP contribution in [0.2, 0.25) is 0 Å². The molecule has 0 fully saturated rings. The average molecular weight is 390 g/mol. The number of nitrogens with zero attached hydrogens (tertiary/aromatic N) is 1. The van der Waals surface area contributed by atoms with E-state index in [0.717, 1.165) is 3.79 Å². The van der Waals surface area contributed by atoms with Crippen molar-refractivity contribution in [2.45, 2.75) is 26.3 Å². The van der Waals surface area contributed by atoms with Gasteiger partial charge in [0.1, 0.15) is 0 Å². The summed E-state index contributed by atoms with van der Waals surface area (Å²) in [6.45, 7) is 5.37. The van der Waals surface area contributed by atoms with Crippen molar-refractivity contribution in [3.8, 4) is 0 Å². The van der Waals surface area contributed by atoms with Crippen LogP contribution >= 0.6 is 27.3 Å². The van der Waals surface area contributed by atoms with Gasteiger partial charge in [0.15, 0.2) is 0 Å². The Bertz CT molecular complexity index is 566. The van der Waals surface area contributed by atoms with Gasteiger partial charge in [0.25, 0.3) is 5.91 Å². The molecule has 0 unspecified atom stereocenters. The van der Waals surface area contributed by atoms with Gasteiger partial charge in [-0.2, -0.15) is 0 Å². The molecular weight excluding hydrogens is 370 g/mol. The molecule has 0 aliphatic carbocycles. The summed E-state index contributed by atoms with van der Waals surface area (Å²) in [4.78, 5) is 37.3. The molecule has 0 aromatic carbocycles. The van der Waals surface area contributed by atoms with Crippen LogP contribution in [-0.4, -0.2) is 48.3 Å². The molecule has 0 saturated carbocycles. The van der Waals surface area contributed by atoms with Crippen LogP contribution in [0.4, 0.5) is 0 Å². The number of amides is 3. The highest BCUT2D eigenvalue weighted by molar-refractivity contribution is 9.11. The van der Waals surface area contributed by atoms with E-state index in [1.807, 2.05) is 20.8 Å². The van der Waals surface area contributed by atoms with Crippen molar-refractivity contribution >= 4 is 45.0 Å². The topological polar surface area (TPSA) is 78.5 Å². The molecule has 6 nitrogen and oxygen atoms in total. The van der Waals surface area contributed by atoms with E-state index in [1.54, 1.807) is 19.2 Å². The van der Waals surface area contributed by atoms with Crippen molar-refractivity contribution in [2.24, 2.45) is 0 Å². The lowest BCUT2D eigenvalue weighted by molar-refractivity contribution is -0.127. The summed E-state index contributed by atoms with van der Waals surface area (Å²) < 4.78 is 0.854. The number of nitrogens with one attached hydrogen (secondary N) is 2. The van der Waals surface area contributed by atoms with Gasteiger partial charge in [0, 0.05) is 12.6 Å². The molecule has 1 heterocycles. The van der Waals surface area contributed by atoms with E-state index in [1.165, 1.54) is 16.2 Å². The third-order valence-electron chi connectivity index (χ3n) is 2.47. The number of carbonyl (C=O) groups is 3. The number of thiophene rings is 1. The largest absolute Gasteiger partial charge is 0.350 e. The Balaban J connectivity index is 2.41. The van der Waals surface area contributed by atoms with Crippen LogP contribution in [0.25, 0.3) is 0 Å². The molecular formula is C14H20BrN3O3S. The normalized spacial score (nSPS) is 11.0. The van der Waals surface area contributed by atoms with Crippen molar-refractivity contribution in [2.75, 3.05) is 20.1 Å². The Morgan fingerprint density at radius 3 is 2.36 bits per heavy atom. The van der Waals surface area contributed by atoms with Crippen LogP contribution in [0.3, 0.4) is 0 Å². The molecule has 0 aliphatic heterocycles. The van der Waals surface area contributed by atoms with E-state index < -0.39 is 0 Å². The molecule has 8 heteroatoms. The number of hydrogen-bond acceptors (Lipinski definition) is 4. The third kappa shape index (κ3) is 6.57. The SMILES string of the molecule is CN(CC(=O)NCC(=O)NC(C)(C)C)C(=O)c1ccc(Br)s1. The molecule has 0 atom stereocenters. The van der Waals surface area contributed by atoms with Gasteiger partial charge in [-0.1, -0.05) is 0 Å². The lowest BCUT2D eigenvalue weighted by atomic mass is 10.1. The maximum Gasteiger partial charge on any atom is 0.264 e. The number of likely N-dealkylation sites (N-methyl/N-ethyl adjacent to an activating group) is 1. The first-order chi connectivity index (χ1) is 10.1. The summed E-state index contributed by atoms with van der Waals surface area (Å²) in [6, 6.07) is 3.48. The van der Waals surface area contributed by atoms with Crippen molar-refractivity contribution in [1.29, 1.82) is 0 Å². The van der Waals surface area contributed by atoms with Crippen molar-refractivity contribution in [3.05, 3.63) is 20.8 Å². The molecule has 3 amide bonds. The van der Waals surface area contributed by atoms with Gasteiger partial charge >= 0.3 is 0 Å². The fraction of sp³-hybridized carbons (Fsp3) is 0.500. The molecule has 122 valence electrons. The molecule has 0 aliphatic rings. The van der Waals surface area contributed by atoms with E-state index in [4.69, 9.17) is 0 Å². The Morgan fingerprint density at radius 1 is 1.23 bits per heavy atom. The second-order valence-electron chi connectivity index (χ2n) is 5.84. The highest BCUT2D eigenvalue weighted by Gasteiger charge is 2.18. The van der Waals surface area contributed by atoms with Gasteiger partial charge in [0.05, 0.1) is 21.8 Å². The second kappa shape index (κ2) is 7.73. The van der Waals surface area contributed by atoms with Crippen LogP contribution in [0.1, 0.15) is 30.4 Å². The fourth-order valence-electron chi connectivity index (χ4n) is 1.60. The summed E-state index contributed by atoms with van der Waals surface area (Å²) in [5.41, 5.74) is -0.346. The maximum atomic E-state index is 12.1. The minimum atomic E-state index is -0.379. The molecule has 2 N–H and O–H groups in total. The smallest absolute Gasteiger partial charge is 0.264 e. The van der Waals surface area contributed by atoms with Crippen LogP contribution < -0.4 is 10.6 Å². The van der Waals surface area contributed by atoms with Gasteiger partial charge in [-0.15, -0.1) is 11.3 Å². The number of carbonyl (C=O) groups excluding carboxylic acids is 3.